The molecule has 14 heavy (non-hydrogen) atoms. The maximum atomic E-state index is 11.1. The van der Waals surface area contributed by atoms with Crippen LogP contribution in [0.1, 0.15) is 32.1 Å². The number of hydrogen-bond donors (Lipinski definition) is 0. The van der Waals surface area contributed by atoms with Gasteiger partial charge < -0.3 is 4.74 Å². The highest BCUT2D eigenvalue weighted by Gasteiger charge is 2.35. The van der Waals surface area contributed by atoms with Crippen LogP contribution in [0.5, 0.6) is 0 Å². The van der Waals surface area contributed by atoms with Crippen molar-refractivity contribution in [2.24, 2.45) is 16.1 Å². The fraction of sp³-hybridized carbons (Fsp3) is 0.900. The SMILES string of the molecule is COC(=O)C1CC(N=NC2CCC2)C1. The molecule has 2 saturated carbocycles. The Morgan fingerprint density at radius 3 is 2.36 bits per heavy atom. The molecule has 78 valence electrons. The molecular formula is C10H16N2O2. The highest BCUT2D eigenvalue weighted by molar-refractivity contribution is 5.73. The molecule has 0 atom stereocenters. The van der Waals surface area contributed by atoms with Gasteiger partial charge in [-0.05, 0) is 32.1 Å². The summed E-state index contributed by atoms with van der Waals surface area (Å²) in [4.78, 5) is 11.1. The summed E-state index contributed by atoms with van der Waals surface area (Å²) in [5, 5.41) is 8.48. The van der Waals surface area contributed by atoms with Gasteiger partial charge in [-0.15, -0.1) is 0 Å². The molecule has 0 spiro atoms. The van der Waals surface area contributed by atoms with E-state index in [4.69, 9.17) is 0 Å². The van der Waals surface area contributed by atoms with Crippen LogP contribution in [0.3, 0.4) is 0 Å². The quantitative estimate of drug-likeness (QED) is 0.511. The topological polar surface area (TPSA) is 51.0 Å². The molecule has 0 aromatic carbocycles. The van der Waals surface area contributed by atoms with Crippen LogP contribution < -0.4 is 0 Å². The van der Waals surface area contributed by atoms with Crippen LogP contribution in [0.15, 0.2) is 10.2 Å². The van der Waals surface area contributed by atoms with Crippen molar-refractivity contribution in [3.63, 3.8) is 0 Å². The number of hydrogen-bond acceptors (Lipinski definition) is 4. The highest BCUT2D eigenvalue weighted by atomic mass is 16.5. The maximum Gasteiger partial charge on any atom is 0.308 e. The Labute approximate surface area is 83.7 Å². The van der Waals surface area contributed by atoms with E-state index < -0.39 is 0 Å². The van der Waals surface area contributed by atoms with E-state index >= 15 is 0 Å². The lowest BCUT2D eigenvalue weighted by Gasteiger charge is -2.30. The fourth-order valence-electron chi connectivity index (χ4n) is 1.73. The van der Waals surface area contributed by atoms with Gasteiger partial charge in [0.15, 0.2) is 0 Å². The van der Waals surface area contributed by atoms with Gasteiger partial charge in [0.1, 0.15) is 0 Å². The predicted octanol–water partition coefficient (Wildman–Crippen LogP) is 1.94. The minimum atomic E-state index is -0.0971. The Hall–Kier alpha value is -0.930. The summed E-state index contributed by atoms with van der Waals surface area (Å²) < 4.78 is 4.65. The monoisotopic (exact) mass is 196 g/mol. The Kier molecular flexibility index (Phi) is 2.79. The average Bonchev–Trinajstić information content (AvgIpc) is 2.04. The lowest BCUT2D eigenvalue weighted by Crippen LogP contribution is -2.34. The molecule has 2 fully saturated rings. The number of nitrogens with zero attached hydrogens (tertiary/aromatic N) is 2. The van der Waals surface area contributed by atoms with Crippen molar-refractivity contribution < 1.29 is 9.53 Å². The van der Waals surface area contributed by atoms with Gasteiger partial charge in [0.05, 0.1) is 25.1 Å². The second-order valence-corrected chi connectivity index (χ2v) is 4.16. The molecule has 4 nitrogen and oxygen atoms in total. The van der Waals surface area contributed by atoms with E-state index in [1.165, 1.54) is 26.4 Å². The Morgan fingerprint density at radius 1 is 1.21 bits per heavy atom. The van der Waals surface area contributed by atoms with Crippen LogP contribution in [0, 0.1) is 5.92 Å². The number of carbonyl (C=O) groups excluding carboxylic acids is 1. The molecule has 0 N–H and O–H groups in total. The molecule has 0 amide bonds. The van der Waals surface area contributed by atoms with E-state index in [9.17, 15) is 4.79 Å². The maximum absolute atomic E-state index is 11.1. The summed E-state index contributed by atoms with van der Waals surface area (Å²) in [5.41, 5.74) is 0. The third-order valence-electron chi connectivity index (χ3n) is 3.12. The van der Waals surface area contributed by atoms with E-state index in [1.807, 2.05) is 0 Å². The normalized spacial score (nSPS) is 32.4. The van der Waals surface area contributed by atoms with Gasteiger partial charge >= 0.3 is 5.97 Å². The van der Waals surface area contributed by atoms with Crippen LogP contribution in [-0.2, 0) is 9.53 Å². The van der Waals surface area contributed by atoms with E-state index in [-0.39, 0.29) is 17.9 Å². The van der Waals surface area contributed by atoms with Gasteiger partial charge in [-0.1, -0.05) is 0 Å². The van der Waals surface area contributed by atoms with Crippen molar-refractivity contribution >= 4 is 5.97 Å². The minimum Gasteiger partial charge on any atom is -0.469 e. The summed E-state index contributed by atoms with van der Waals surface area (Å²) >= 11 is 0. The molecule has 2 aliphatic carbocycles. The van der Waals surface area contributed by atoms with Gasteiger partial charge in [0.2, 0.25) is 0 Å². The van der Waals surface area contributed by atoms with Gasteiger partial charge in [-0.2, -0.15) is 10.2 Å². The van der Waals surface area contributed by atoms with Crippen LogP contribution in [-0.4, -0.2) is 25.2 Å². The number of rotatable bonds is 3. The molecule has 2 rings (SSSR count). The minimum absolute atomic E-state index is 0.0744. The summed E-state index contributed by atoms with van der Waals surface area (Å²) in [6, 6.07) is 0.756. The van der Waals surface area contributed by atoms with Gasteiger partial charge in [-0.3, -0.25) is 4.79 Å². The molecule has 0 aromatic heterocycles. The van der Waals surface area contributed by atoms with Crippen molar-refractivity contribution in [1.29, 1.82) is 0 Å². The van der Waals surface area contributed by atoms with E-state index in [0.29, 0.717) is 6.04 Å². The summed E-state index contributed by atoms with van der Waals surface area (Å²) in [5.74, 6) is -0.0227. The molecule has 0 saturated heterocycles. The Balaban J connectivity index is 1.67. The lowest BCUT2D eigenvalue weighted by atomic mass is 9.81. The van der Waals surface area contributed by atoms with Crippen LogP contribution >= 0.6 is 0 Å². The third-order valence-corrected chi connectivity index (χ3v) is 3.12. The third kappa shape index (κ3) is 1.94. The van der Waals surface area contributed by atoms with Crippen molar-refractivity contribution in [2.45, 2.75) is 44.2 Å². The summed E-state index contributed by atoms with van der Waals surface area (Å²) in [6.45, 7) is 0. The largest absolute Gasteiger partial charge is 0.469 e. The second kappa shape index (κ2) is 4.07. The van der Waals surface area contributed by atoms with E-state index in [1.54, 1.807) is 0 Å². The van der Waals surface area contributed by atoms with Crippen LogP contribution in [0.4, 0.5) is 0 Å². The first kappa shape index (κ1) is 9.62. The molecule has 0 radical (unpaired) electrons. The molecule has 0 aliphatic heterocycles. The van der Waals surface area contributed by atoms with Gasteiger partial charge in [0.25, 0.3) is 0 Å². The molecule has 0 heterocycles. The first-order chi connectivity index (χ1) is 6.79. The Morgan fingerprint density at radius 2 is 1.86 bits per heavy atom. The first-order valence-corrected chi connectivity index (χ1v) is 5.27. The highest BCUT2D eigenvalue weighted by Crippen LogP contribution is 2.32. The molecule has 0 bridgehead atoms. The van der Waals surface area contributed by atoms with Gasteiger partial charge in [0, 0.05) is 0 Å². The zero-order valence-electron chi connectivity index (χ0n) is 8.48. The van der Waals surface area contributed by atoms with Crippen LogP contribution in [0.25, 0.3) is 0 Å². The Bertz CT molecular complexity index is 243. The molecule has 0 aromatic rings. The standard InChI is InChI=1S/C10H16N2O2/c1-14-10(13)7-5-9(6-7)12-11-8-3-2-4-8/h7-9H,2-6H2,1H3. The van der Waals surface area contributed by atoms with Crippen molar-refractivity contribution in [3.8, 4) is 0 Å². The van der Waals surface area contributed by atoms with E-state index in [2.05, 4.69) is 15.0 Å². The average molecular weight is 196 g/mol. The predicted molar refractivity (Wildman–Crippen MR) is 51.0 cm³/mol. The van der Waals surface area contributed by atoms with Gasteiger partial charge in [-0.25, -0.2) is 0 Å². The zero-order chi connectivity index (χ0) is 9.97. The molecule has 0 unspecified atom stereocenters. The summed E-state index contributed by atoms with van der Waals surface area (Å²) in [7, 11) is 1.44. The smallest absolute Gasteiger partial charge is 0.308 e. The molecular weight excluding hydrogens is 180 g/mol. The summed E-state index contributed by atoms with van der Waals surface area (Å²) in [6.07, 6.45) is 5.32. The fourth-order valence-corrected chi connectivity index (χ4v) is 1.73. The number of esters is 1. The van der Waals surface area contributed by atoms with Crippen LogP contribution in [0.2, 0.25) is 0 Å². The zero-order valence-corrected chi connectivity index (χ0v) is 8.48. The van der Waals surface area contributed by atoms with Crippen molar-refractivity contribution in [3.05, 3.63) is 0 Å². The number of methoxy groups -OCH3 is 1. The van der Waals surface area contributed by atoms with Crippen molar-refractivity contribution in [1.82, 2.24) is 0 Å². The second-order valence-electron chi connectivity index (χ2n) is 4.16. The number of carbonyl (C=O) groups is 1. The molecule has 2 aliphatic rings. The number of ether oxygens (including phenoxy) is 1. The van der Waals surface area contributed by atoms with Crippen molar-refractivity contribution in [2.75, 3.05) is 7.11 Å². The first-order valence-electron chi connectivity index (χ1n) is 5.27. The lowest BCUT2D eigenvalue weighted by molar-refractivity contribution is -0.148. The molecule has 4 heteroatoms. The van der Waals surface area contributed by atoms with E-state index in [0.717, 1.165) is 12.8 Å². The number of azo groups is 1.